The summed E-state index contributed by atoms with van der Waals surface area (Å²) in [6.07, 6.45) is -0.225. The summed E-state index contributed by atoms with van der Waals surface area (Å²) in [4.78, 5) is 23.9. The highest BCUT2D eigenvalue weighted by Crippen LogP contribution is 2.23. The molecule has 0 spiro atoms. The summed E-state index contributed by atoms with van der Waals surface area (Å²) in [6, 6.07) is 14.9. The smallest absolute Gasteiger partial charge is 0.233 e. The second kappa shape index (κ2) is 7.62. The minimum atomic E-state index is -0.346. The molecule has 2 N–H and O–H groups in total. The van der Waals surface area contributed by atoms with Crippen LogP contribution in [0.25, 0.3) is 0 Å². The molecule has 0 atom stereocenters. The summed E-state index contributed by atoms with van der Waals surface area (Å²) in [5.74, 6) is -0.686. The first-order valence-corrected chi connectivity index (χ1v) is 8.49. The lowest BCUT2D eigenvalue weighted by atomic mass is 9.87. The fraction of sp³-hybridized carbons (Fsp3) is 0.263. The van der Waals surface area contributed by atoms with E-state index in [2.05, 4.69) is 47.3 Å². The van der Waals surface area contributed by atoms with Crippen LogP contribution in [0.2, 0.25) is 0 Å². The first kappa shape index (κ1) is 18.2. The Morgan fingerprint density at radius 3 is 1.67 bits per heavy atom. The number of amides is 2. The fourth-order valence-electron chi connectivity index (χ4n) is 2.14. The molecule has 0 aliphatic rings. The van der Waals surface area contributed by atoms with E-state index in [1.807, 2.05) is 36.4 Å². The van der Waals surface area contributed by atoms with Gasteiger partial charge in [-0.15, -0.1) is 0 Å². The Bertz CT molecular complexity index is 717. The SMILES string of the molecule is CC(C)(C)c1ccc(NC(=O)CC(=O)Nc2ccc(Br)cc2)cc1. The maximum Gasteiger partial charge on any atom is 0.233 e. The number of carbonyl (C=O) groups is 2. The minimum absolute atomic E-state index is 0.0626. The number of halogens is 1. The summed E-state index contributed by atoms with van der Waals surface area (Å²) < 4.78 is 0.928. The Kier molecular flexibility index (Phi) is 5.78. The van der Waals surface area contributed by atoms with Gasteiger partial charge >= 0.3 is 0 Å². The predicted octanol–water partition coefficient (Wildman–Crippen LogP) is 4.71. The summed E-state index contributed by atoms with van der Waals surface area (Å²) in [5, 5.41) is 5.43. The highest BCUT2D eigenvalue weighted by molar-refractivity contribution is 9.10. The van der Waals surface area contributed by atoms with Gasteiger partial charge in [0.25, 0.3) is 0 Å². The van der Waals surface area contributed by atoms with Crippen molar-refractivity contribution in [1.29, 1.82) is 0 Å². The van der Waals surface area contributed by atoms with Crippen LogP contribution in [-0.4, -0.2) is 11.8 Å². The topological polar surface area (TPSA) is 58.2 Å². The first-order valence-electron chi connectivity index (χ1n) is 7.70. The zero-order chi connectivity index (χ0) is 17.7. The molecule has 4 nitrogen and oxygen atoms in total. The largest absolute Gasteiger partial charge is 0.326 e. The Labute approximate surface area is 150 Å². The first-order chi connectivity index (χ1) is 11.2. The molecule has 2 rings (SSSR count). The second-order valence-electron chi connectivity index (χ2n) is 6.61. The highest BCUT2D eigenvalue weighted by Gasteiger charge is 2.14. The third kappa shape index (κ3) is 5.49. The van der Waals surface area contributed by atoms with Gasteiger partial charge in [-0.1, -0.05) is 48.8 Å². The molecule has 0 aromatic heterocycles. The number of nitrogens with one attached hydrogen (secondary N) is 2. The van der Waals surface area contributed by atoms with Crippen molar-refractivity contribution in [3.63, 3.8) is 0 Å². The van der Waals surface area contributed by atoms with Gasteiger partial charge in [0, 0.05) is 15.8 Å². The molecule has 126 valence electrons. The Hall–Kier alpha value is -2.14. The third-order valence-corrected chi connectivity index (χ3v) is 4.01. The van der Waals surface area contributed by atoms with Crippen LogP contribution in [-0.2, 0) is 15.0 Å². The predicted molar refractivity (Wildman–Crippen MR) is 101 cm³/mol. The van der Waals surface area contributed by atoms with Crippen molar-refractivity contribution in [2.75, 3.05) is 10.6 Å². The Morgan fingerprint density at radius 1 is 0.833 bits per heavy atom. The van der Waals surface area contributed by atoms with Crippen LogP contribution in [0.1, 0.15) is 32.8 Å². The quantitative estimate of drug-likeness (QED) is 0.744. The van der Waals surface area contributed by atoms with E-state index in [9.17, 15) is 9.59 Å². The molecule has 0 heterocycles. The van der Waals surface area contributed by atoms with Crippen molar-refractivity contribution in [3.05, 3.63) is 58.6 Å². The zero-order valence-corrected chi connectivity index (χ0v) is 15.6. The van der Waals surface area contributed by atoms with Crippen molar-refractivity contribution in [2.45, 2.75) is 32.6 Å². The number of hydrogen-bond donors (Lipinski definition) is 2. The highest BCUT2D eigenvalue weighted by atomic mass is 79.9. The number of anilines is 2. The molecule has 2 aromatic carbocycles. The molecule has 2 aromatic rings. The third-order valence-electron chi connectivity index (χ3n) is 3.48. The van der Waals surface area contributed by atoms with Crippen LogP contribution < -0.4 is 10.6 Å². The van der Waals surface area contributed by atoms with Gasteiger partial charge in [0.15, 0.2) is 0 Å². The molecule has 0 fully saturated rings. The normalized spacial score (nSPS) is 11.0. The van der Waals surface area contributed by atoms with E-state index in [1.54, 1.807) is 12.1 Å². The molecule has 0 bridgehead atoms. The number of rotatable bonds is 4. The Morgan fingerprint density at radius 2 is 1.25 bits per heavy atom. The summed E-state index contributed by atoms with van der Waals surface area (Å²) in [6.45, 7) is 6.40. The minimum Gasteiger partial charge on any atom is -0.326 e. The zero-order valence-electron chi connectivity index (χ0n) is 14.0. The molecular formula is C19H21BrN2O2. The van der Waals surface area contributed by atoms with Crippen LogP contribution in [0.5, 0.6) is 0 Å². The lowest BCUT2D eigenvalue weighted by molar-refractivity contribution is -0.123. The van der Waals surface area contributed by atoms with Crippen LogP contribution in [0.3, 0.4) is 0 Å². The van der Waals surface area contributed by atoms with E-state index in [4.69, 9.17) is 0 Å². The van der Waals surface area contributed by atoms with E-state index in [0.29, 0.717) is 11.4 Å². The monoisotopic (exact) mass is 388 g/mol. The van der Waals surface area contributed by atoms with E-state index in [1.165, 1.54) is 5.56 Å². The molecule has 2 amide bonds. The van der Waals surface area contributed by atoms with E-state index >= 15 is 0 Å². The van der Waals surface area contributed by atoms with Gasteiger partial charge in [0.2, 0.25) is 11.8 Å². The molecule has 24 heavy (non-hydrogen) atoms. The van der Waals surface area contributed by atoms with Crippen molar-refractivity contribution in [1.82, 2.24) is 0 Å². The van der Waals surface area contributed by atoms with Gasteiger partial charge in [-0.25, -0.2) is 0 Å². The van der Waals surface area contributed by atoms with Crippen molar-refractivity contribution in [2.24, 2.45) is 0 Å². The van der Waals surface area contributed by atoms with Crippen molar-refractivity contribution < 1.29 is 9.59 Å². The van der Waals surface area contributed by atoms with E-state index < -0.39 is 0 Å². The van der Waals surface area contributed by atoms with Crippen molar-refractivity contribution in [3.8, 4) is 0 Å². The second-order valence-corrected chi connectivity index (χ2v) is 7.52. The molecule has 0 radical (unpaired) electrons. The molecule has 0 saturated carbocycles. The van der Waals surface area contributed by atoms with Gasteiger partial charge in [-0.05, 0) is 47.4 Å². The lowest BCUT2D eigenvalue weighted by Crippen LogP contribution is -2.21. The summed E-state index contributed by atoms with van der Waals surface area (Å²) in [5.41, 5.74) is 2.59. The molecule has 0 aliphatic carbocycles. The van der Waals surface area contributed by atoms with Gasteiger partial charge < -0.3 is 10.6 Å². The molecule has 0 aliphatic heterocycles. The van der Waals surface area contributed by atoms with Crippen LogP contribution >= 0.6 is 15.9 Å². The number of benzene rings is 2. The van der Waals surface area contributed by atoms with Gasteiger partial charge in [0.1, 0.15) is 6.42 Å². The standard InChI is InChI=1S/C19H21BrN2O2/c1-19(2,3)13-4-8-15(9-5-13)21-17(23)12-18(24)22-16-10-6-14(20)7-11-16/h4-11H,12H2,1-3H3,(H,21,23)(H,22,24). The maximum absolute atomic E-state index is 12.0. The van der Waals surface area contributed by atoms with Crippen LogP contribution in [0.15, 0.2) is 53.0 Å². The van der Waals surface area contributed by atoms with Gasteiger partial charge in [-0.3, -0.25) is 9.59 Å². The lowest BCUT2D eigenvalue weighted by Gasteiger charge is -2.19. The van der Waals surface area contributed by atoms with Gasteiger partial charge in [0.05, 0.1) is 0 Å². The average molecular weight is 389 g/mol. The van der Waals surface area contributed by atoms with Crippen LogP contribution in [0, 0.1) is 0 Å². The van der Waals surface area contributed by atoms with Crippen molar-refractivity contribution >= 4 is 39.1 Å². The summed E-state index contributed by atoms with van der Waals surface area (Å²) in [7, 11) is 0. The number of carbonyl (C=O) groups excluding carboxylic acids is 2. The Balaban J connectivity index is 1.88. The van der Waals surface area contributed by atoms with E-state index in [-0.39, 0.29) is 23.7 Å². The maximum atomic E-state index is 12.0. The average Bonchev–Trinajstić information content (AvgIpc) is 2.49. The van der Waals surface area contributed by atoms with Gasteiger partial charge in [-0.2, -0.15) is 0 Å². The molecule has 5 heteroatoms. The van der Waals surface area contributed by atoms with Crippen LogP contribution in [0.4, 0.5) is 11.4 Å². The molecule has 0 saturated heterocycles. The van der Waals surface area contributed by atoms with E-state index in [0.717, 1.165) is 4.47 Å². The number of hydrogen-bond acceptors (Lipinski definition) is 2. The summed E-state index contributed by atoms with van der Waals surface area (Å²) >= 11 is 3.33. The molecular weight excluding hydrogens is 368 g/mol. The molecule has 0 unspecified atom stereocenters. The fourth-order valence-corrected chi connectivity index (χ4v) is 2.41.